The molecule has 0 unspecified atom stereocenters. The van der Waals surface area contributed by atoms with Crippen LogP contribution in [-0.2, 0) is 0 Å². The largest absolute Gasteiger partial charge is 0.349 e. The number of halogens is 1. The molecule has 2 aromatic rings. The van der Waals surface area contributed by atoms with Crippen molar-refractivity contribution < 1.29 is 4.79 Å². The molecule has 4 nitrogen and oxygen atoms in total. The number of nitrogens with zero attached hydrogens (tertiary/aromatic N) is 2. The first-order chi connectivity index (χ1) is 11.2. The number of rotatable bonds is 5. The van der Waals surface area contributed by atoms with Crippen LogP contribution in [-0.4, -0.2) is 35.4 Å². The molecule has 0 spiro atoms. The van der Waals surface area contributed by atoms with Crippen molar-refractivity contribution in [3.05, 3.63) is 51.4 Å². The van der Waals surface area contributed by atoms with Gasteiger partial charge in [-0.05, 0) is 43.6 Å². The molecule has 0 bridgehead atoms. The Morgan fingerprint density at radius 2 is 2.00 bits per heavy atom. The van der Waals surface area contributed by atoms with Gasteiger partial charge in [-0.3, -0.25) is 14.7 Å². The maximum atomic E-state index is 12.2. The predicted octanol–water partition coefficient (Wildman–Crippen LogP) is 3.75. The smallest absolute Gasteiger partial charge is 0.263 e. The first-order valence-electron chi connectivity index (χ1n) is 7.90. The lowest BCUT2D eigenvalue weighted by molar-refractivity contribution is 0.0928. The van der Waals surface area contributed by atoms with Gasteiger partial charge in [-0.25, -0.2) is 0 Å². The van der Waals surface area contributed by atoms with Gasteiger partial charge < -0.3 is 5.32 Å². The average Bonchev–Trinajstić information content (AvgIpc) is 3.12. The summed E-state index contributed by atoms with van der Waals surface area (Å²) in [5.74, 6) is -0.0523. The molecule has 1 saturated heterocycles. The number of amides is 1. The summed E-state index contributed by atoms with van der Waals surface area (Å²) in [7, 11) is 0. The average molecular weight is 350 g/mol. The molecule has 1 aliphatic rings. The van der Waals surface area contributed by atoms with Crippen LogP contribution < -0.4 is 5.32 Å². The summed E-state index contributed by atoms with van der Waals surface area (Å²) in [5.41, 5.74) is 2.87. The van der Waals surface area contributed by atoms with Crippen LogP contribution in [0.2, 0.25) is 5.02 Å². The van der Waals surface area contributed by atoms with E-state index in [-0.39, 0.29) is 11.9 Å². The van der Waals surface area contributed by atoms with E-state index < -0.39 is 0 Å². The number of carbonyl (C=O) groups excluding carboxylic acids is 1. The standard InChI is InChI=1S/C17H20ClN3OS/c18-14-6-4-13(5-7-14)15(21-8-2-1-3-9-21)10-20-17(22)16-11-19-12-23-16/h4-7,11-12,15H,1-3,8-10H2,(H,20,22)/t15-/m1/s1. The van der Waals surface area contributed by atoms with Gasteiger partial charge in [0, 0.05) is 11.6 Å². The van der Waals surface area contributed by atoms with Gasteiger partial charge in [0.05, 0.1) is 17.7 Å². The number of thiazole rings is 1. The Labute approximate surface area is 145 Å². The topological polar surface area (TPSA) is 45.2 Å². The quantitative estimate of drug-likeness (QED) is 0.894. The molecule has 1 N–H and O–H groups in total. The van der Waals surface area contributed by atoms with Crippen LogP contribution >= 0.6 is 22.9 Å². The van der Waals surface area contributed by atoms with E-state index in [1.807, 2.05) is 12.1 Å². The maximum absolute atomic E-state index is 12.2. The van der Waals surface area contributed by atoms with Crippen LogP contribution in [0.1, 0.15) is 40.5 Å². The van der Waals surface area contributed by atoms with Gasteiger partial charge in [0.15, 0.2) is 0 Å². The molecular formula is C17H20ClN3OS. The third kappa shape index (κ3) is 4.31. The van der Waals surface area contributed by atoms with Crippen LogP contribution in [0.25, 0.3) is 0 Å². The fourth-order valence-corrected chi connectivity index (χ4v) is 3.64. The van der Waals surface area contributed by atoms with Crippen molar-refractivity contribution in [2.45, 2.75) is 25.3 Å². The first kappa shape index (κ1) is 16.4. The van der Waals surface area contributed by atoms with Crippen molar-refractivity contribution in [1.29, 1.82) is 0 Å². The highest BCUT2D eigenvalue weighted by atomic mass is 35.5. The number of carbonyl (C=O) groups is 1. The van der Waals surface area contributed by atoms with Crippen LogP contribution in [0.5, 0.6) is 0 Å². The van der Waals surface area contributed by atoms with Gasteiger partial charge in [-0.15, -0.1) is 11.3 Å². The Morgan fingerprint density at radius 1 is 1.26 bits per heavy atom. The number of hydrogen-bond acceptors (Lipinski definition) is 4. The zero-order valence-corrected chi connectivity index (χ0v) is 14.4. The second-order valence-electron chi connectivity index (χ2n) is 5.74. The number of benzene rings is 1. The number of nitrogens with one attached hydrogen (secondary N) is 1. The maximum Gasteiger partial charge on any atom is 0.263 e. The van der Waals surface area contributed by atoms with Crippen molar-refractivity contribution in [3.63, 3.8) is 0 Å². The van der Waals surface area contributed by atoms with Gasteiger partial charge in [-0.1, -0.05) is 30.2 Å². The Bertz CT molecular complexity index is 624. The molecule has 0 saturated carbocycles. The molecule has 0 aliphatic carbocycles. The summed E-state index contributed by atoms with van der Waals surface area (Å²) in [6, 6.07) is 8.13. The van der Waals surface area contributed by atoms with Gasteiger partial charge in [-0.2, -0.15) is 0 Å². The highest BCUT2D eigenvalue weighted by Crippen LogP contribution is 2.25. The van der Waals surface area contributed by atoms with Gasteiger partial charge in [0.1, 0.15) is 4.88 Å². The van der Waals surface area contributed by atoms with Crippen LogP contribution in [0.3, 0.4) is 0 Å². The fourth-order valence-electron chi connectivity index (χ4n) is 2.98. The van der Waals surface area contributed by atoms with Crippen LogP contribution in [0, 0.1) is 0 Å². The third-order valence-electron chi connectivity index (χ3n) is 4.20. The number of likely N-dealkylation sites (tertiary alicyclic amines) is 1. The molecule has 1 amide bonds. The minimum atomic E-state index is -0.0523. The van der Waals surface area contributed by atoms with E-state index >= 15 is 0 Å². The number of piperidine rings is 1. The van der Waals surface area contributed by atoms with Crippen LogP contribution in [0.15, 0.2) is 36.0 Å². The van der Waals surface area contributed by atoms with Crippen molar-refractivity contribution in [2.75, 3.05) is 19.6 Å². The zero-order chi connectivity index (χ0) is 16.1. The van der Waals surface area contributed by atoms with Crippen molar-refractivity contribution in [1.82, 2.24) is 15.2 Å². The van der Waals surface area contributed by atoms with Gasteiger partial charge in [0.2, 0.25) is 0 Å². The molecule has 122 valence electrons. The van der Waals surface area contributed by atoms with E-state index in [0.29, 0.717) is 11.4 Å². The SMILES string of the molecule is O=C(NC[C@H](c1ccc(Cl)cc1)N1CCCCC1)c1cncs1. The highest BCUT2D eigenvalue weighted by Gasteiger charge is 2.23. The molecule has 2 heterocycles. The number of hydrogen-bond donors (Lipinski definition) is 1. The molecule has 1 fully saturated rings. The summed E-state index contributed by atoms with van der Waals surface area (Å²) in [4.78, 5) is 19.3. The Kier molecular flexibility index (Phi) is 5.65. The molecule has 0 radical (unpaired) electrons. The summed E-state index contributed by atoms with van der Waals surface area (Å²) in [6.07, 6.45) is 5.33. The summed E-state index contributed by atoms with van der Waals surface area (Å²) in [6.45, 7) is 2.74. The highest BCUT2D eigenvalue weighted by molar-refractivity contribution is 7.11. The summed E-state index contributed by atoms with van der Waals surface area (Å²) >= 11 is 7.37. The van der Waals surface area contributed by atoms with Gasteiger partial charge in [0.25, 0.3) is 5.91 Å². The normalized spacial score (nSPS) is 16.9. The molecular weight excluding hydrogens is 330 g/mol. The lowest BCUT2D eigenvalue weighted by atomic mass is 10.0. The summed E-state index contributed by atoms with van der Waals surface area (Å²) < 4.78 is 0. The molecule has 6 heteroatoms. The predicted molar refractivity (Wildman–Crippen MR) is 94.1 cm³/mol. The fraction of sp³-hybridized carbons (Fsp3) is 0.412. The monoisotopic (exact) mass is 349 g/mol. The van der Waals surface area contributed by atoms with Crippen molar-refractivity contribution in [3.8, 4) is 0 Å². The lowest BCUT2D eigenvalue weighted by Crippen LogP contribution is -2.40. The first-order valence-corrected chi connectivity index (χ1v) is 9.16. The van der Waals surface area contributed by atoms with E-state index in [2.05, 4.69) is 27.3 Å². The van der Waals surface area contributed by atoms with E-state index in [9.17, 15) is 4.79 Å². The molecule has 1 aromatic heterocycles. The van der Waals surface area contributed by atoms with E-state index in [0.717, 1.165) is 18.1 Å². The van der Waals surface area contributed by atoms with Gasteiger partial charge >= 0.3 is 0 Å². The lowest BCUT2D eigenvalue weighted by Gasteiger charge is -2.35. The van der Waals surface area contributed by atoms with Crippen LogP contribution in [0.4, 0.5) is 0 Å². The molecule has 1 atom stereocenters. The molecule has 23 heavy (non-hydrogen) atoms. The van der Waals surface area contributed by atoms with Crippen molar-refractivity contribution in [2.24, 2.45) is 0 Å². The Balaban J connectivity index is 1.72. The zero-order valence-electron chi connectivity index (χ0n) is 12.9. The summed E-state index contributed by atoms with van der Waals surface area (Å²) in [5, 5.41) is 3.79. The van der Waals surface area contributed by atoms with Crippen molar-refractivity contribution >= 4 is 28.8 Å². The minimum absolute atomic E-state index is 0.0523. The second-order valence-corrected chi connectivity index (χ2v) is 7.06. The molecule has 3 rings (SSSR count). The third-order valence-corrected chi connectivity index (χ3v) is 5.22. The second kappa shape index (κ2) is 7.90. The Hall–Kier alpha value is -1.43. The van der Waals surface area contributed by atoms with E-state index in [1.165, 1.54) is 36.2 Å². The van der Waals surface area contributed by atoms with E-state index in [4.69, 9.17) is 11.6 Å². The van der Waals surface area contributed by atoms with E-state index in [1.54, 1.807) is 11.7 Å². The number of aromatic nitrogens is 1. The molecule has 1 aliphatic heterocycles. The minimum Gasteiger partial charge on any atom is -0.349 e. The Morgan fingerprint density at radius 3 is 2.65 bits per heavy atom. The molecule has 1 aromatic carbocycles.